The lowest BCUT2D eigenvalue weighted by Gasteiger charge is -2.18. The van der Waals surface area contributed by atoms with Crippen LogP contribution >= 0.6 is 0 Å². The van der Waals surface area contributed by atoms with Crippen LogP contribution in [0.1, 0.15) is 33.5 Å². The maximum absolute atomic E-state index is 12.8. The smallest absolute Gasteiger partial charge is 0.230 e. The van der Waals surface area contributed by atoms with Crippen molar-refractivity contribution in [3.8, 4) is 0 Å². The van der Waals surface area contributed by atoms with Crippen LogP contribution in [0.25, 0.3) is 0 Å². The van der Waals surface area contributed by atoms with Gasteiger partial charge >= 0.3 is 0 Å². The zero-order valence-corrected chi connectivity index (χ0v) is 18.0. The van der Waals surface area contributed by atoms with Gasteiger partial charge in [0, 0.05) is 24.1 Å². The summed E-state index contributed by atoms with van der Waals surface area (Å²) in [5, 5.41) is 3.13. The molecule has 4 aromatic rings. The number of rotatable bonds is 8. The molecule has 1 heterocycles. The fourth-order valence-electron chi connectivity index (χ4n) is 3.90. The molecule has 160 valence electrons. The number of anilines is 1. The second-order valence-corrected chi connectivity index (χ2v) is 7.86. The molecule has 4 rings (SSSR count). The number of aromatic nitrogens is 1. The molecular weight excluding hydrogens is 394 g/mol. The Hall–Kier alpha value is -3.76. The average molecular weight is 422 g/mol. The lowest BCUT2D eigenvalue weighted by atomic mass is 9.94. The molecule has 3 aromatic carbocycles. The fourth-order valence-corrected chi connectivity index (χ4v) is 3.90. The van der Waals surface area contributed by atoms with Gasteiger partial charge in [-0.2, -0.15) is 0 Å². The molecule has 0 radical (unpaired) electrons. The average Bonchev–Trinajstić information content (AvgIpc) is 2.82. The monoisotopic (exact) mass is 421 g/mol. The number of nitrogens with zero attached hydrogens (tertiary/aromatic N) is 1. The topological polar surface area (TPSA) is 68.0 Å². The molecule has 1 amide bonds. The number of carbonyl (C=O) groups is 1. The minimum absolute atomic E-state index is 0.0940. The highest BCUT2D eigenvalue weighted by Gasteiger charge is 2.15. The lowest BCUT2D eigenvalue weighted by Crippen LogP contribution is -2.19. The highest BCUT2D eigenvalue weighted by Crippen LogP contribution is 2.27. The Labute approximate surface area is 189 Å². The SMILES string of the molecule is NCc1cc(Cc2ccccc2)cc(Cc2ccccc2)c1NC(=O)Cc1ccccn1. The van der Waals surface area contributed by atoms with E-state index in [-0.39, 0.29) is 12.3 Å². The van der Waals surface area contributed by atoms with Crippen molar-refractivity contribution in [1.29, 1.82) is 0 Å². The van der Waals surface area contributed by atoms with E-state index in [1.54, 1.807) is 6.20 Å². The van der Waals surface area contributed by atoms with Gasteiger partial charge in [0.1, 0.15) is 0 Å². The Kier molecular flexibility index (Phi) is 7.05. The summed E-state index contributed by atoms with van der Waals surface area (Å²) in [5.41, 5.74) is 13.3. The molecule has 0 aliphatic rings. The number of nitrogens with one attached hydrogen (secondary N) is 1. The van der Waals surface area contributed by atoms with Gasteiger partial charge in [-0.3, -0.25) is 9.78 Å². The minimum Gasteiger partial charge on any atom is -0.326 e. The van der Waals surface area contributed by atoms with Crippen molar-refractivity contribution < 1.29 is 4.79 Å². The summed E-state index contributed by atoms with van der Waals surface area (Å²) >= 11 is 0. The molecule has 1 aromatic heterocycles. The second-order valence-electron chi connectivity index (χ2n) is 7.86. The third kappa shape index (κ3) is 5.68. The molecule has 0 saturated carbocycles. The van der Waals surface area contributed by atoms with Gasteiger partial charge in [-0.1, -0.05) is 78.9 Å². The molecule has 0 bridgehead atoms. The summed E-state index contributed by atoms with van der Waals surface area (Å²) in [6.07, 6.45) is 3.46. The third-order valence-electron chi connectivity index (χ3n) is 5.40. The summed E-state index contributed by atoms with van der Waals surface area (Å²) < 4.78 is 0. The van der Waals surface area contributed by atoms with E-state index >= 15 is 0 Å². The Morgan fingerprint density at radius 1 is 0.750 bits per heavy atom. The van der Waals surface area contributed by atoms with E-state index in [9.17, 15) is 4.79 Å². The van der Waals surface area contributed by atoms with Crippen LogP contribution in [0.4, 0.5) is 5.69 Å². The van der Waals surface area contributed by atoms with Crippen LogP contribution in [0.3, 0.4) is 0 Å². The molecule has 0 spiro atoms. The molecule has 0 unspecified atom stereocenters. The maximum atomic E-state index is 12.8. The van der Waals surface area contributed by atoms with E-state index in [0.29, 0.717) is 6.54 Å². The first kappa shape index (κ1) is 21.5. The predicted octanol–water partition coefficient (Wildman–Crippen LogP) is 4.90. The van der Waals surface area contributed by atoms with E-state index in [2.05, 4.69) is 58.8 Å². The van der Waals surface area contributed by atoms with Crippen molar-refractivity contribution >= 4 is 11.6 Å². The lowest BCUT2D eigenvalue weighted by molar-refractivity contribution is -0.115. The number of amides is 1. The number of hydrogen-bond donors (Lipinski definition) is 2. The molecular formula is C28H27N3O. The van der Waals surface area contributed by atoms with Crippen LogP contribution in [-0.4, -0.2) is 10.9 Å². The molecule has 3 N–H and O–H groups in total. The van der Waals surface area contributed by atoms with E-state index in [0.717, 1.165) is 35.3 Å². The van der Waals surface area contributed by atoms with Crippen LogP contribution in [0.2, 0.25) is 0 Å². The van der Waals surface area contributed by atoms with E-state index < -0.39 is 0 Å². The Balaban J connectivity index is 1.66. The van der Waals surface area contributed by atoms with Crippen molar-refractivity contribution in [3.63, 3.8) is 0 Å². The number of carbonyl (C=O) groups excluding carboxylic acids is 1. The number of nitrogens with two attached hydrogens (primary N) is 1. The van der Waals surface area contributed by atoms with E-state index in [4.69, 9.17) is 5.73 Å². The van der Waals surface area contributed by atoms with Gasteiger partial charge in [0.2, 0.25) is 5.91 Å². The van der Waals surface area contributed by atoms with Crippen molar-refractivity contribution in [2.45, 2.75) is 25.8 Å². The van der Waals surface area contributed by atoms with Crippen LogP contribution < -0.4 is 11.1 Å². The number of pyridine rings is 1. The maximum Gasteiger partial charge on any atom is 0.230 e. The minimum atomic E-state index is -0.0940. The summed E-state index contributed by atoms with van der Waals surface area (Å²) in [7, 11) is 0. The van der Waals surface area contributed by atoms with Gasteiger partial charge in [-0.15, -0.1) is 0 Å². The third-order valence-corrected chi connectivity index (χ3v) is 5.40. The molecule has 0 atom stereocenters. The first-order chi connectivity index (χ1) is 15.7. The predicted molar refractivity (Wildman–Crippen MR) is 129 cm³/mol. The second kappa shape index (κ2) is 10.5. The molecule has 32 heavy (non-hydrogen) atoms. The van der Waals surface area contributed by atoms with Crippen molar-refractivity contribution in [2.75, 3.05) is 5.32 Å². The fraction of sp³-hybridized carbons (Fsp3) is 0.143. The van der Waals surface area contributed by atoms with Gasteiger partial charge in [0.15, 0.2) is 0 Å². The Morgan fingerprint density at radius 2 is 1.38 bits per heavy atom. The van der Waals surface area contributed by atoms with Crippen molar-refractivity contribution in [2.24, 2.45) is 5.73 Å². The van der Waals surface area contributed by atoms with Crippen LogP contribution in [-0.2, 0) is 30.6 Å². The normalized spacial score (nSPS) is 10.7. The van der Waals surface area contributed by atoms with Gasteiger partial charge in [0.25, 0.3) is 0 Å². The molecule has 4 heteroatoms. The number of hydrogen-bond acceptors (Lipinski definition) is 3. The van der Waals surface area contributed by atoms with Gasteiger partial charge in [-0.25, -0.2) is 0 Å². The molecule has 0 saturated heterocycles. The standard InChI is InChI=1S/C28H27N3O/c29-20-25-18-23(15-21-9-3-1-4-10-21)17-24(16-22-11-5-2-6-12-22)28(25)31-27(32)19-26-13-7-8-14-30-26/h1-14,17-18H,15-16,19-20,29H2,(H,31,32). The summed E-state index contributed by atoms with van der Waals surface area (Å²) in [6, 6.07) is 30.6. The van der Waals surface area contributed by atoms with Crippen molar-refractivity contribution in [1.82, 2.24) is 4.98 Å². The van der Waals surface area contributed by atoms with Crippen LogP contribution in [0.15, 0.2) is 97.2 Å². The largest absolute Gasteiger partial charge is 0.326 e. The highest BCUT2D eigenvalue weighted by atomic mass is 16.1. The molecule has 0 aliphatic heterocycles. The first-order valence-electron chi connectivity index (χ1n) is 10.8. The van der Waals surface area contributed by atoms with Gasteiger partial charge in [0.05, 0.1) is 6.42 Å². The van der Waals surface area contributed by atoms with Crippen LogP contribution in [0.5, 0.6) is 0 Å². The molecule has 4 nitrogen and oxygen atoms in total. The summed E-state index contributed by atoms with van der Waals surface area (Å²) in [4.78, 5) is 17.1. The molecule has 0 aliphatic carbocycles. The van der Waals surface area contributed by atoms with Crippen LogP contribution in [0, 0.1) is 0 Å². The summed E-state index contributed by atoms with van der Waals surface area (Å²) in [6.45, 7) is 0.351. The van der Waals surface area contributed by atoms with Gasteiger partial charge in [-0.05, 0) is 52.8 Å². The molecule has 0 fully saturated rings. The number of benzene rings is 3. The van der Waals surface area contributed by atoms with Crippen molar-refractivity contribution in [3.05, 3.63) is 131 Å². The Bertz CT molecular complexity index is 1160. The summed E-state index contributed by atoms with van der Waals surface area (Å²) in [5.74, 6) is -0.0940. The quantitative estimate of drug-likeness (QED) is 0.425. The van der Waals surface area contributed by atoms with Gasteiger partial charge < -0.3 is 11.1 Å². The highest BCUT2D eigenvalue weighted by molar-refractivity contribution is 5.93. The first-order valence-corrected chi connectivity index (χ1v) is 10.8. The Morgan fingerprint density at radius 3 is 2.00 bits per heavy atom. The zero-order chi connectivity index (χ0) is 22.2. The van der Waals surface area contributed by atoms with E-state index in [1.165, 1.54) is 16.7 Å². The van der Waals surface area contributed by atoms with E-state index in [1.807, 2.05) is 42.5 Å². The zero-order valence-electron chi connectivity index (χ0n) is 18.0.